The predicted molar refractivity (Wildman–Crippen MR) is 132 cm³/mol. The van der Waals surface area contributed by atoms with Crippen molar-refractivity contribution >= 4 is 34.7 Å². The van der Waals surface area contributed by atoms with Gasteiger partial charge in [0.05, 0.1) is 22.1 Å². The summed E-state index contributed by atoms with van der Waals surface area (Å²) >= 11 is 5.82. The van der Waals surface area contributed by atoms with E-state index in [1.807, 2.05) is 0 Å². The van der Waals surface area contributed by atoms with Crippen LogP contribution in [0.5, 0.6) is 0 Å². The first-order chi connectivity index (χ1) is 16.8. The van der Waals surface area contributed by atoms with Gasteiger partial charge in [-0.3, -0.25) is 4.79 Å². The quantitative estimate of drug-likeness (QED) is 0.471. The number of nitrogens with zero attached hydrogens (tertiary/aromatic N) is 5. The molecule has 3 heterocycles. The Labute approximate surface area is 207 Å². The fourth-order valence-corrected chi connectivity index (χ4v) is 3.86. The molecule has 0 radical (unpaired) electrons. The average Bonchev–Trinajstić information content (AvgIpc) is 2.83. The fourth-order valence-electron chi connectivity index (χ4n) is 3.70. The number of halogens is 3. The molecule has 0 unspecified atom stereocenters. The highest BCUT2D eigenvalue weighted by Crippen LogP contribution is 2.30. The molecule has 0 atom stereocenters. The second kappa shape index (κ2) is 11.0. The molecule has 3 aromatic rings. The molecule has 1 aliphatic heterocycles. The molecule has 1 fully saturated rings. The molecular formula is C24H26ClF2N7O. The number of carbonyl (C=O) groups is 1. The van der Waals surface area contributed by atoms with Crippen LogP contribution in [0.4, 0.5) is 26.0 Å². The Bertz CT molecular complexity index is 1220. The highest BCUT2D eigenvalue weighted by atomic mass is 35.5. The van der Waals surface area contributed by atoms with Gasteiger partial charge in [0.25, 0.3) is 0 Å². The largest absolute Gasteiger partial charge is 0.354 e. The SMILES string of the molecule is Cc1nnc(-c2cc(Cl)c(F)cc2F)cc1Nc1ccnc(NC(=O)CCN2CCN(C)CC2)c1. The Morgan fingerprint density at radius 1 is 1.09 bits per heavy atom. The summed E-state index contributed by atoms with van der Waals surface area (Å²) in [7, 11) is 2.09. The third-order valence-corrected chi connectivity index (χ3v) is 6.11. The Morgan fingerprint density at radius 2 is 1.86 bits per heavy atom. The number of rotatable bonds is 7. The first-order valence-electron chi connectivity index (χ1n) is 11.2. The van der Waals surface area contributed by atoms with Gasteiger partial charge in [-0.15, -0.1) is 0 Å². The maximum atomic E-state index is 14.3. The Hall–Kier alpha value is -3.21. The highest BCUT2D eigenvalue weighted by Gasteiger charge is 2.16. The number of carbonyl (C=O) groups excluding carboxylic acids is 1. The minimum atomic E-state index is -0.846. The lowest BCUT2D eigenvalue weighted by atomic mass is 10.1. The lowest BCUT2D eigenvalue weighted by Crippen LogP contribution is -2.45. The normalized spacial score (nSPS) is 14.7. The molecule has 0 bridgehead atoms. The molecule has 1 aromatic carbocycles. The summed E-state index contributed by atoms with van der Waals surface area (Å²) in [6.07, 6.45) is 1.95. The first kappa shape index (κ1) is 24.9. The Balaban J connectivity index is 1.42. The lowest BCUT2D eigenvalue weighted by molar-refractivity contribution is -0.116. The van der Waals surface area contributed by atoms with Crippen LogP contribution in [0.15, 0.2) is 36.5 Å². The summed E-state index contributed by atoms with van der Waals surface area (Å²) in [6.45, 7) is 6.36. The van der Waals surface area contributed by atoms with Crippen LogP contribution in [0.3, 0.4) is 0 Å². The van der Waals surface area contributed by atoms with Crippen molar-refractivity contribution in [1.82, 2.24) is 25.0 Å². The molecule has 0 aliphatic carbocycles. The number of amides is 1. The number of aryl methyl sites for hydroxylation is 1. The number of piperazine rings is 1. The number of hydrogen-bond donors (Lipinski definition) is 2. The van der Waals surface area contributed by atoms with Crippen LogP contribution in [-0.2, 0) is 4.79 Å². The van der Waals surface area contributed by atoms with Crippen molar-refractivity contribution in [1.29, 1.82) is 0 Å². The van der Waals surface area contributed by atoms with E-state index in [9.17, 15) is 13.6 Å². The van der Waals surface area contributed by atoms with E-state index in [0.29, 0.717) is 41.9 Å². The molecule has 0 saturated carbocycles. The van der Waals surface area contributed by atoms with Crippen LogP contribution >= 0.6 is 11.6 Å². The molecule has 1 aliphatic rings. The van der Waals surface area contributed by atoms with Gasteiger partial charge in [-0.1, -0.05) is 11.6 Å². The molecule has 4 rings (SSSR count). The van der Waals surface area contributed by atoms with E-state index in [1.165, 1.54) is 6.07 Å². The molecule has 1 amide bonds. The van der Waals surface area contributed by atoms with Crippen molar-refractivity contribution in [3.05, 3.63) is 58.9 Å². The van der Waals surface area contributed by atoms with Gasteiger partial charge in [0.1, 0.15) is 17.5 Å². The van der Waals surface area contributed by atoms with Crippen LogP contribution in [0.2, 0.25) is 5.02 Å². The molecule has 11 heteroatoms. The number of hydrogen-bond acceptors (Lipinski definition) is 7. The number of benzene rings is 1. The van der Waals surface area contributed by atoms with E-state index in [-0.39, 0.29) is 22.2 Å². The molecule has 0 spiro atoms. The summed E-state index contributed by atoms with van der Waals surface area (Å²) in [6, 6.07) is 6.92. The number of pyridine rings is 1. The summed E-state index contributed by atoms with van der Waals surface area (Å²) < 4.78 is 27.8. The van der Waals surface area contributed by atoms with E-state index < -0.39 is 11.6 Å². The second-order valence-corrected chi connectivity index (χ2v) is 8.88. The first-order valence-corrected chi connectivity index (χ1v) is 11.6. The predicted octanol–water partition coefficient (Wildman–Crippen LogP) is 4.10. The van der Waals surface area contributed by atoms with Crippen molar-refractivity contribution in [2.45, 2.75) is 13.3 Å². The fraction of sp³-hybridized carbons (Fsp3) is 0.333. The number of likely N-dealkylation sites (N-methyl/N-ethyl adjacent to an activating group) is 1. The third-order valence-electron chi connectivity index (χ3n) is 5.82. The minimum Gasteiger partial charge on any atom is -0.354 e. The molecule has 2 N–H and O–H groups in total. The Kier molecular flexibility index (Phi) is 7.84. The summed E-state index contributed by atoms with van der Waals surface area (Å²) in [4.78, 5) is 21.2. The van der Waals surface area contributed by atoms with Gasteiger partial charge >= 0.3 is 0 Å². The van der Waals surface area contributed by atoms with Gasteiger partial charge in [-0.25, -0.2) is 13.8 Å². The smallest absolute Gasteiger partial charge is 0.226 e. The molecule has 8 nitrogen and oxygen atoms in total. The maximum absolute atomic E-state index is 14.3. The van der Waals surface area contributed by atoms with Crippen molar-refractivity contribution in [3.63, 3.8) is 0 Å². The van der Waals surface area contributed by atoms with E-state index in [1.54, 1.807) is 31.3 Å². The standard InChI is InChI=1S/C24H26ClF2N7O/c1-15-21(14-22(32-31-15)17-12-18(25)20(27)13-19(17)26)29-16-3-5-28-23(11-16)30-24(35)4-6-34-9-7-33(2)8-10-34/h3,5,11-14H,4,6-10H2,1-2H3,(H2,28,29,30,32,35). The van der Waals surface area contributed by atoms with Gasteiger partial charge < -0.3 is 20.4 Å². The van der Waals surface area contributed by atoms with E-state index >= 15 is 0 Å². The average molecular weight is 502 g/mol. The van der Waals surface area contributed by atoms with E-state index in [0.717, 1.165) is 26.2 Å². The molecule has 35 heavy (non-hydrogen) atoms. The van der Waals surface area contributed by atoms with Crippen molar-refractivity contribution < 1.29 is 13.6 Å². The van der Waals surface area contributed by atoms with E-state index in [2.05, 4.69) is 42.7 Å². The zero-order chi connectivity index (χ0) is 24.9. The molecule has 184 valence electrons. The number of aromatic nitrogens is 3. The van der Waals surface area contributed by atoms with E-state index in [4.69, 9.17) is 11.6 Å². The minimum absolute atomic E-state index is 0.0370. The third kappa shape index (κ3) is 6.47. The summed E-state index contributed by atoms with van der Waals surface area (Å²) in [5.74, 6) is -1.33. The van der Waals surface area contributed by atoms with Crippen LogP contribution in [-0.4, -0.2) is 70.7 Å². The van der Waals surface area contributed by atoms with Crippen LogP contribution in [0.1, 0.15) is 12.1 Å². The number of anilines is 3. The van der Waals surface area contributed by atoms with Crippen molar-refractivity contribution in [2.75, 3.05) is 50.4 Å². The van der Waals surface area contributed by atoms with Gasteiger partial charge in [0.2, 0.25) is 5.91 Å². The van der Waals surface area contributed by atoms with Crippen LogP contribution in [0.25, 0.3) is 11.3 Å². The zero-order valence-corrected chi connectivity index (χ0v) is 20.2. The summed E-state index contributed by atoms with van der Waals surface area (Å²) in [5, 5.41) is 13.9. The van der Waals surface area contributed by atoms with Gasteiger partial charge in [0, 0.05) is 68.7 Å². The van der Waals surface area contributed by atoms with Crippen molar-refractivity contribution in [2.24, 2.45) is 0 Å². The van der Waals surface area contributed by atoms with Crippen LogP contribution in [0, 0.1) is 18.6 Å². The topological polar surface area (TPSA) is 86.3 Å². The lowest BCUT2D eigenvalue weighted by Gasteiger charge is -2.32. The van der Waals surface area contributed by atoms with Gasteiger partial charge in [0.15, 0.2) is 0 Å². The Morgan fingerprint density at radius 3 is 2.63 bits per heavy atom. The second-order valence-electron chi connectivity index (χ2n) is 8.47. The maximum Gasteiger partial charge on any atom is 0.226 e. The van der Waals surface area contributed by atoms with Gasteiger partial charge in [-0.05, 0) is 32.2 Å². The monoisotopic (exact) mass is 501 g/mol. The van der Waals surface area contributed by atoms with Crippen LogP contribution < -0.4 is 10.6 Å². The summed E-state index contributed by atoms with van der Waals surface area (Å²) in [5.41, 5.74) is 2.01. The molecule has 2 aromatic heterocycles. The number of nitrogens with one attached hydrogen (secondary N) is 2. The highest BCUT2D eigenvalue weighted by molar-refractivity contribution is 6.31. The zero-order valence-electron chi connectivity index (χ0n) is 19.5. The molecular weight excluding hydrogens is 476 g/mol. The van der Waals surface area contributed by atoms with Gasteiger partial charge in [-0.2, -0.15) is 10.2 Å². The molecule has 1 saturated heterocycles. The van der Waals surface area contributed by atoms with Crippen molar-refractivity contribution in [3.8, 4) is 11.3 Å².